The molecule has 0 bridgehead atoms. The number of methoxy groups -OCH3 is 1. The minimum Gasteiger partial charge on any atom is -0.469 e. The van der Waals surface area contributed by atoms with Crippen LogP contribution in [-0.4, -0.2) is 24.3 Å². The van der Waals surface area contributed by atoms with Crippen molar-refractivity contribution in [1.82, 2.24) is 0 Å². The van der Waals surface area contributed by atoms with E-state index in [-0.39, 0.29) is 5.97 Å². The van der Waals surface area contributed by atoms with Gasteiger partial charge in [-0.1, -0.05) is 12.2 Å². The normalized spacial score (nSPS) is 32.4. The van der Waals surface area contributed by atoms with Crippen LogP contribution < -0.4 is 0 Å². The summed E-state index contributed by atoms with van der Waals surface area (Å²) in [5.41, 5.74) is -0.679. The zero-order chi connectivity index (χ0) is 10.6. The van der Waals surface area contributed by atoms with E-state index in [1.807, 2.05) is 19.1 Å². The van der Waals surface area contributed by atoms with Crippen LogP contribution in [0.3, 0.4) is 0 Å². The zero-order valence-electron chi connectivity index (χ0n) is 8.82. The number of aliphatic hydroxyl groups excluding tert-OH is 1. The quantitative estimate of drug-likeness (QED) is 0.554. The lowest BCUT2D eigenvalue weighted by molar-refractivity contribution is -0.158. The lowest BCUT2D eigenvalue weighted by atomic mass is 9.80. The SMILES string of the molecule is C/C=C/C[C@]1(C(=O)OC)CCC[C@@H]1O. The standard InChI is InChI=1S/C11H18O3/c1-3-4-7-11(10(13)14-2)8-5-6-9(11)12/h3-4,9,12H,5-8H2,1-2H3/b4-3+/t9-,11-/m0/s1. The molecule has 1 N–H and O–H groups in total. The molecule has 0 saturated heterocycles. The van der Waals surface area contributed by atoms with Gasteiger partial charge in [0.1, 0.15) is 0 Å². The summed E-state index contributed by atoms with van der Waals surface area (Å²) in [7, 11) is 1.38. The molecule has 0 aromatic carbocycles. The molecule has 14 heavy (non-hydrogen) atoms. The van der Waals surface area contributed by atoms with Crippen LogP contribution in [0.5, 0.6) is 0 Å². The maximum atomic E-state index is 11.6. The number of esters is 1. The van der Waals surface area contributed by atoms with E-state index in [4.69, 9.17) is 4.74 Å². The molecule has 3 nitrogen and oxygen atoms in total. The minimum absolute atomic E-state index is 0.277. The molecular weight excluding hydrogens is 180 g/mol. The molecule has 1 rings (SSSR count). The van der Waals surface area contributed by atoms with E-state index < -0.39 is 11.5 Å². The van der Waals surface area contributed by atoms with Gasteiger partial charge in [0.05, 0.1) is 18.6 Å². The predicted molar refractivity (Wildman–Crippen MR) is 53.7 cm³/mol. The molecule has 1 fully saturated rings. The Morgan fingerprint density at radius 2 is 2.43 bits per heavy atom. The Morgan fingerprint density at radius 3 is 2.86 bits per heavy atom. The number of carbonyl (C=O) groups excluding carboxylic acids is 1. The molecule has 1 aliphatic rings. The smallest absolute Gasteiger partial charge is 0.314 e. The first-order chi connectivity index (χ1) is 6.67. The van der Waals surface area contributed by atoms with Crippen molar-refractivity contribution in [3.05, 3.63) is 12.2 Å². The van der Waals surface area contributed by atoms with E-state index in [0.29, 0.717) is 12.8 Å². The fourth-order valence-corrected chi connectivity index (χ4v) is 2.14. The summed E-state index contributed by atoms with van der Waals surface area (Å²) in [5, 5.41) is 9.83. The van der Waals surface area contributed by atoms with Crippen molar-refractivity contribution in [1.29, 1.82) is 0 Å². The first-order valence-corrected chi connectivity index (χ1v) is 5.05. The number of allylic oxidation sites excluding steroid dienone is 2. The third-order valence-corrected chi connectivity index (χ3v) is 3.05. The van der Waals surface area contributed by atoms with Gasteiger partial charge in [-0.15, -0.1) is 0 Å². The number of ether oxygens (including phenoxy) is 1. The van der Waals surface area contributed by atoms with Gasteiger partial charge in [-0.25, -0.2) is 0 Å². The van der Waals surface area contributed by atoms with Crippen LogP contribution in [0.1, 0.15) is 32.6 Å². The van der Waals surface area contributed by atoms with Crippen molar-refractivity contribution in [2.45, 2.75) is 38.7 Å². The van der Waals surface area contributed by atoms with Gasteiger partial charge in [0.15, 0.2) is 0 Å². The van der Waals surface area contributed by atoms with Crippen LogP contribution in [0.4, 0.5) is 0 Å². The molecule has 0 unspecified atom stereocenters. The first-order valence-electron chi connectivity index (χ1n) is 5.05. The summed E-state index contributed by atoms with van der Waals surface area (Å²) in [4.78, 5) is 11.6. The number of hydrogen-bond acceptors (Lipinski definition) is 3. The summed E-state index contributed by atoms with van der Waals surface area (Å²) in [5.74, 6) is -0.277. The monoisotopic (exact) mass is 198 g/mol. The Balaban J connectivity index is 2.83. The van der Waals surface area contributed by atoms with Crippen molar-refractivity contribution in [3.63, 3.8) is 0 Å². The molecule has 2 atom stereocenters. The van der Waals surface area contributed by atoms with Gasteiger partial charge in [-0.05, 0) is 32.6 Å². The third kappa shape index (κ3) is 1.82. The Hall–Kier alpha value is -0.830. The average Bonchev–Trinajstić information content (AvgIpc) is 2.57. The highest BCUT2D eigenvalue weighted by molar-refractivity contribution is 5.78. The van der Waals surface area contributed by atoms with Crippen molar-refractivity contribution in [2.75, 3.05) is 7.11 Å². The highest BCUT2D eigenvalue weighted by Crippen LogP contribution is 2.42. The fourth-order valence-electron chi connectivity index (χ4n) is 2.14. The lowest BCUT2D eigenvalue weighted by Crippen LogP contribution is -2.38. The van der Waals surface area contributed by atoms with Crippen LogP contribution in [0.15, 0.2) is 12.2 Å². The van der Waals surface area contributed by atoms with Gasteiger partial charge in [0.2, 0.25) is 0 Å². The number of rotatable bonds is 3. The highest BCUT2D eigenvalue weighted by atomic mass is 16.5. The van der Waals surface area contributed by atoms with Gasteiger partial charge in [0, 0.05) is 0 Å². The van der Waals surface area contributed by atoms with Gasteiger partial charge in [0.25, 0.3) is 0 Å². The second-order valence-corrected chi connectivity index (χ2v) is 3.83. The first kappa shape index (κ1) is 11.2. The van der Waals surface area contributed by atoms with Crippen molar-refractivity contribution in [2.24, 2.45) is 5.41 Å². The summed E-state index contributed by atoms with van der Waals surface area (Å²) in [6, 6.07) is 0. The van der Waals surface area contributed by atoms with Crippen LogP contribution in [-0.2, 0) is 9.53 Å². The Labute approximate surface area is 84.8 Å². The van der Waals surface area contributed by atoms with E-state index >= 15 is 0 Å². The van der Waals surface area contributed by atoms with Crippen LogP contribution in [0, 0.1) is 5.41 Å². The second kappa shape index (κ2) is 4.60. The van der Waals surface area contributed by atoms with E-state index in [0.717, 1.165) is 12.8 Å². The Morgan fingerprint density at radius 1 is 1.71 bits per heavy atom. The lowest BCUT2D eigenvalue weighted by Gasteiger charge is -2.28. The molecule has 1 saturated carbocycles. The van der Waals surface area contributed by atoms with Gasteiger partial charge in [-0.2, -0.15) is 0 Å². The number of carbonyl (C=O) groups is 1. The summed E-state index contributed by atoms with van der Waals surface area (Å²) >= 11 is 0. The van der Waals surface area contributed by atoms with Crippen LogP contribution >= 0.6 is 0 Å². The maximum absolute atomic E-state index is 11.6. The topological polar surface area (TPSA) is 46.5 Å². The number of aliphatic hydroxyl groups is 1. The van der Waals surface area contributed by atoms with Gasteiger partial charge >= 0.3 is 5.97 Å². The minimum atomic E-state index is -0.679. The fraction of sp³-hybridized carbons (Fsp3) is 0.727. The molecule has 3 heteroatoms. The summed E-state index contributed by atoms with van der Waals surface area (Å²) in [6.07, 6.45) is 6.18. The second-order valence-electron chi connectivity index (χ2n) is 3.83. The molecule has 0 amide bonds. The summed E-state index contributed by atoms with van der Waals surface area (Å²) in [6.45, 7) is 1.91. The molecular formula is C11H18O3. The van der Waals surface area contributed by atoms with Gasteiger partial charge in [-0.3, -0.25) is 4.79 Å². The molecule has 0 heterocycles. The van der Waals surface area contributed by atoms with E-state index in [1.54, 1.807) is 0 Å². The molecule has 0 aromatic rings. The maximum Gasteiger partial charge on any atom is 0.314 e. The van der Waals surface area contributed by atoms with E-state index in [1.165, 1.54) is 7.11 Å². The molecule has 80 valence electrons. The Bertz CT molecular complexity index is 235. The average molecular weight is 198 g/mol. The zero-order valence-corrected chi connectivity index (χ0v) is 8.82. The molecule has 0 aliphatic heterocycles. The third-order valence-electron chi connectivity index (χ3n) is 3.05. The van der Waals surface area contributed by atoms with Crippen molar-refractivity contribution < 1.29 is 14.6 Å². The van der Waals surface area contributed by atoms with E-state index in [2.05, 4.69) is 0 Å². The van der Waals surface area contributed by atoms with Crippen molar-refractivity contribution >= 4 is 5.97 Å². The predicted octanol–water partition coefficient (Wildman–Crippen LogP) is 1.66. The largest absolute Gasteiger partial charge is 0.469 e. The van der Waals surface area contributed by atoms with Crippen LogP contribution in [0.25, 0.3) is 0 Å². The Kier molecular flexibility index (Phi) is 3.69. The molecule has 0 radical (unpaired) electrons. The van der Waals surface area contributed by atoms with Gasteiger partial charge < -0.3 is 9.84 Å². The van der Waals surface area contributed by atoms with Crippen LogP contribution in [0.2, 0.25) is 0 Å². The molecule has 0 aromatic heterocycles. The highest BCUT2D eigenvalue weighted by Gasteiger charge is 2.48. The molecule has 0 spiro atoms. The molecule has 1 aliphatic carbocycles. The number of hydrogen-bond donors (Lipinski definition) is 1. The van der Waals surface area contributed by atoms with E-state index in [9.17, 15) is 9.90 Å². The van der Waals surface area contributed by atoms with Crippen molar-refractivity contribution in [3.8, 4) is 0 Å². The summed E-state index contributed by atoms with van der Waals surface area (Å²) < 4.78 is 4.77.